The van der Waals surface area contributed by atoms with Gasteiger partial charge in [-0.1, -0.05) is 30.1 Å². The van der Waals surface area contributed by atoms with Crippen LogP contribution >= 0.6 is 23.2 Å². The number of benzene rings is 1. The van der Waals surface area contributed by atoms with Gasteiger partial charge in [0.25, 0.3) is 0 Å². The monoisotopic (exact) mass is 274 g/mol. The molecule has 0 aliphatic carbocycles. The van der Waals surface area contributed by atoms with Crippen LogP contribution in [-0.2, 0) is 4.74 Å². The Kier molecular flexibility index (Phi) is 4.31. The molecular weight excluding hydrogens is 259 g/mol. The number of aliphatic hydroxyl groups excluding tert-OH is 1. The molecule has 1 aliphatic rings. The van der Waals surface area contributed by atoms with Crippen LogP contribution < -0.4 is 0 Å². The smallest absolute Gasteiger partial charge is 0.0837 e. The predicted octanol–water partition coefficient (Wildman–Crippen LogP) is 3.70. The summed E-state index contributed by atoms with van der Waals surface area (Å²) in [6.45, 7) is 3.48. The molecule has 1 heterocycles. The van der Waals surface area contributed by atoms with Crippen LogP contribution in [0, 0.1) is 11.8 Å². The second-order valence-electron chi connectivity index (χ2n) is 4.62. The van der Waals surface area contributed by atoms with E-state index in [1.54, 1.807) is 18.2 Å². The fraction of sp³-hybridized carbons (Fsp3) is 0.538. The average Bonchev–Trinajstić information content (AvgIpc) is 2.32. The SMILES string of the molecule is CC1COCCC1C(O)c1cc(Cl)ccc1Cl. The second-order valence-corrected chi connectivity index (χ2v) is 5.46. The van der Waals surface area contributed by atoms with Crippen molar-refractivity contribution in [3.63, 3.8) is 0 Å². The van der Waals surface area contributed by atoms with Crippen molar-refractivity contribution in [1.29, 1.82) is 0 Å². The third kappa shape index (κ3) is 2.94. The topological polar surface area (TPSA) is 29.5 Å². The fourth-order valence-corrected chi connectivity index (χ4v) is 2.75. The molecule has 1 aliphatic heterocycles. The molecule has 4 heteroatoms. The van der Waals surface area contributed by atoms with Crippen LogP contribution in [0.25, 0.3) is 0 Å². The van der Waals surface area contributed by atoms with Gasteiger partial charge in [-0.3, -0.25) is 0 Å². The average molecular weight is 275 g/mol. The van der Waals surface area contributed by atoms with E-state index in [-0.39, 0.29) is 5.92 Å². The van der Waals surface area contributed by atoms with Crippen LogP contribution in [0.3, 0.4) is 0 Å². The zero-order valence-electron chi connectivity index (χ0n) is 9.70. The summed E-state index contributed by atoms with van der Waals surface area (Å²) in [5.74, 6) is 0.508. The molecule has 1 fully saturated rings. The van der Waals surface area contributed by atoms with E-state index < -0.39 is 6.10 Å². The molecule has 3 unspecified atom stereocenters. The Bertz CT molecular complexity index is 395. The molecule has 1 aromatic carbocycles. The third-order valence-corrected chi connectivity index (χ3v) is 3.97. The molecule has 17 heavy (non-hydrogen) atoms. The molecule has 0 bridgehead atoms. The third-order valence-electron chi connectivity index (χ3n) is 3.39. The maximum absolute atomic E-state index is 10.4. The molecule has 0 spiro atoms. The van der Waals surface area contributed by atoms with Gasteiger partial charge in [0, 0.05) is 28.8 Å². The van der Waals surface area contributed by atoms with E-state index in [0.29, 0.717) is 29.2 Å². The fourth-order valence-electron chi connectivity index (χ4n) is 2.34. The highest BCUT2D eigenvalue weighted by Crippen LogP contribution is 2.37. The van der Waals surface area contributed by atoms with Crippen LogP contribution in [0.2, 0.25) is 10.0 Å². The summed E-state index contributed by atoms with van der Waals surface area (Å²) in [5.41, 5.74) is 0.720. The van der Waals surface area contributed by atoms with Gasteiger partial charge < -0.3 is 9.84 Å². The number of hydrogen-bond acceptors (Lipinski definition) is 2. The Hall–Kier alpha value is -0.280. The minimum Gasteiger partial charge on any atom is -0.388 e. The van der Waals surface area contributed by atoms with E-state index in [1.165, 1.54) is 0 Å². The molecular formula is C13H16Cl2O2. The summed E-state index contributed by atoms with van der Waals surface area (Å²) in [6.07, 6.45) is 0.283. The Balaban J connectivity index is 2.23. The predicted molar refractivity (Wildman–Crippen MR) is 69.5 cm³/mol. The number of halogens is 2. The highest BCUT2D eigenvalue weighted by Gasteiger charge is 2.30. The van der Waals surface area contributed by atoms with E-state index >= 15 is 0 Å². The zero-order chi connectivity index (χ0) is 12.4. The van der Waals surface area contributed by atoms with Crippen molar-refractivity contribution in [2.24, 2.45) is 11.8 Å². The largest absolute Gasteiger partial charge is 0.388 e. The van der Waals surface area contributed by atoms with Crippen LogP contribution in [0.1, 0.15) is 25.0 Å². The van der Waals surface area contributed by atoms with Crippen molar-refractivity contribution in [3.8, 4) is 0 Å². The minimum absolute atomic E-state index is 0.180. The Morgan fingerprint density at radius 2 is 2.18 bits per heavy atom. The van der Waals surface area contributed by atoms with E-state index in [4.69, 9.17) is 27.9 Å². The Morgan fingerprint density at radius 3 is 2.88 bits per heavy atom. The lowest BCUT2D eigenvalue weighted by molar-refractivity contribution is -0.0309. The first kappa shape index (κ1) is 13.2. The van der Waals surface area contributed by atoms with Crippen molar-refractivity contribution in [2.75, 3.05) is 13.2 Å². The molecule has 2 rings (SSSR count). The lowest BCUT2D eigenvalue weighted by Crippen LogP contribution is -2.30. The molecule has 0 aromatic heterocycles. The summed E-state index contributed by atoms with van der Waals surface area (Å²) in [4.78, 5) is 0. The van der Waals surface area contributed by atoms with Gasteiger partial charge in [0.05, 0.1) is 6.10 Å². The first-order valence-corrected chi connectivity index (χ1v) is 6.56. The highest BCUT2D eigenvalue weighted by atomic mass is 35.5. The number of rotatable bonds is 2. The van der Waals surface area contributed by atoms with E-state index in [9.17, 15) is 5.11 Å². The minimum atomic E-state index is -0.569. The highest BCUT2D eigenvalue weighted by molar-refractivity contribution is 6.33. The van der Waals surface area contributed by atoms with Crippen molar-refractivity contribution < 1.29 is 9.84 Å². The van der Waals surface area contributed by atoms with Crippen molar-refractivity contribution in [3.05, 3.63) is 33.8 Å². The van der Waals surface area contributed by atoms with Crippen LogP contribution in [0.5, 0.6) is 0 Å². The van der Waals surface area contributed by atoms with E-state index in [0.717, 1.165) is 12.0 Å². The number of ether oxygens (including phenoxy) is 1. The maximum Gasteiger partial charge on any atom is 0.0837 e. The van der Waals surface area contributed by atoms with Crippen molar-refractivity contribution in [1.82, 2.24) is 0 Å². The van der Waals surface area contributed by atoms with Gasteiger partial charge in [0.15, 0.2) is 0 Å². The maximum atomic E-state index is 10.4. The summed E-state index contributed by atoms with van der Waals surface area (Å²) in [7, 11) is 0. The molecule has 94 valence electrons. The van der Waals surface area contributed by atoms with Crippen molar-refractivity contribution >= 4 is 23.2 Å². The zero-order valence-corrected chi connectivity index (χ0v) is 11.2. The summed E-state index contributed by atoms with van der Waals surface area (Å²) in [5, 5.41) is 11.6. The molecule has 2 nitrogen and oxygen atoms in total. The quantitative estimate of drug-likeness (QED) is 0.891. The van der Waals surface area contributed by atoms with Gasteiger partial charge in [-0.05, 0) is 36.5 Å². The van der Waals surface area contributed by atoms with Gasteiger partial charge in [0.2, 0.25) is 0 Å². The molecule has 0 radical (unpaired) electrons. The number of hydrogen-bond donors (Lipinski definition) is 1. The normalized spacial score (nSPS) is 26.8. The molecule has 0 saturated carbocycles. The number of aliphatic hydroxyl groups is 1. The van der Waals surface area contributed by atoms with Gasteiger partial charge in [-0.2, -0.15) is 0 Å². The van der Waals surface area contributed by atoms with Crippen LogP contribution in [-0.4, -0.2) is 18.3 Å². The molecule has 1 N–H and O–H groups in total. The lowest BCUT2D eigenvalue weighted by Gasteiger charge is -2.33. The van der Waals surface area contributed by atoms with E-state index in [2.05, 4.69) is 6.92 Å². The molecule has 1 saturated heterocycles. The van der Waals surface area contributed by atoms with Gasteiger partial charge >= 0.3 is 0 Å². The standard InChI is InChI=1S/C13H16Cl2O2/c1-8-7-17-5-4-10(8)13(16)11-6-9(14)2-3-12(11)15/h2-3,6,8,10,13,16H,4-5,7H2,1H3. The van der Waals surface area contributed by atoms with Crippen molar-refractivity contribution in [2.45, 2.75) is 19.4 Å². The van der Waals surface area contributed by atoms with Gasteiger partial charge in [-0.15, -0.1) is 0 Å². The van der Waals surface area contributed by atoms with Crippen LogP contribution in [0.15, 0.2) is 18.2 Å². The summed E-state index contributed by atoms with van der Waals surface area (Å²) in [6, 6.07) is 5.21. The first-order valence-electron chi connectivity index (χ1n) is 5.80. The van der Waals surface area contributed by atoms with E-state index in [1.807, 2.05) is 0 Å². The van der Waals surface area contributed by atoms with Crippen LogP contribution in [0.4, 0.5) is 0 Å². The first-order chi connectivity index (χ1) is 8.09. The van der Waals surface area contributed by atoms with Gasteiger partial charge in [-0.25, -0.2) is 0 Å². The summed E-state index contributed by atoms with van der Waals surface area (Å²) < 4.78 is 5.38. The summed E-state index contributed by atoms with van der Waals surface area (Å²) >= 11 is 12.0. The Labute approximate surface area is 111 Å². The molecule has 1 aromatic rings. The van der Waals surface area contributed by atoms with Gasteiger partial charge in [0.1, 0.15) is 0 Å². The Morgan fingerprint density at radius 1 is 1.41 bits per heavy atom. The molecule has 3 atom stereocenters. The molecule has 0 amide bonds. The second kappa shape index (κ2) is 5.57. The lowest BCUT2D eigenvalue weighted by atomic mass is 9.82.